The number of amides is 2. The van der Waals surface area contributed by atoms with Crippen LogP contribution >= 0.6 is 15.9 Å². The fourth-order valence-electron chi connectivity index (χ4n) is 3.01. The minimum atomic E-state index is -0.549. The van der Waals surface area contributed by atoms with Crippen LogP contribution in [0, 0.1) is 5.92 Å². The highest BCUT2D eigenvalue weighted by molar-refractivity contribution is 9.10. The molecule has 0 saturated carbocycles. The first-order valence-electron chi connectivity index (χ1n) is 9.76. The lowest BCUT2D eigenvalue weighted by Crippen LogP contribution is -2.50. The van der Waals surface area contributed by atoms with Gasteiger partial charge in [0.25, 0.3) is 0 Å². The highest BCUT2D eigenvalue weighted by Crippen LogP contribution is 2.18. The van der Waals surface area contributed by atoms with E-state index in [2.05, 4.69) is 35.1 Å². The first-order valence-corrected chi connectivity index (χ1v) is 10.6. The van der Waals surface area contributed by atoms with Crippen molar-refractivity contribution in [1.29, 1.82) is 0 Å². The Morgan fingerprint density at radius 1 is 1.04 bits per heavy atom. The fourth-order valence-corrected chi connectivity index (χ4v) is 3.46. The van der Waals surface area contributed by atoms with Gasteiger partial charge < -0.3 is 10.2 Å². The lowest BCUT2D eigenvalue weighted by molar-refractivity contribution is -0.141. The molecule has 1 atom stereocenters. The van der Waals surface area contributed by atoms with Crippen molar-refractivity contribution in [2.75, 3.05) is 6.54 Å². The number of carbonyl (C=O) groups is 2. The average Bonchev–Trinajstić information content (AvgIpc) is 2.69. The summed E-state index contributed by atoms with van der Waals surface area (Å²) >= 11 is 3.48. The van der Waals surface area contributed by atoms with Crippen molar-refractivity contribution >= 4 is 27.7 Å². The first kappa shape index (κ1) is 22.2. The summed E-state index contributed by atoms with van der Waals surface area (Å²) in [6.07, 6.45) is 0.848. The summed E-state index contributed by atoms with van der Waals surface area (Å²) in [5.74, 6) is 0.219. The maximum Gasteiger partial charge on any atom is 0.243 e. The SMILES string of the molecule is CCC(=O)N(Cc1cccc(Br)c1)C(Cc1ccccc1)C(=O)NCC(C)C. The zero-order valence-corrected chi connectivity index (χ0v) is 18.4. The molecule has 5 heteroatoms. The molecule has 0 fully saturated rings. The Kier molecular flexibility index (Phi) is 8.71. The van der Waals surface area contributed by atoms with Crippen molar-refractivity contribution in [3.05, 3.63) is 70.2 Å². The van der Waals surface area contributed by atoms with Crippen LogP contribution in [0.3, 0.4) is 0 Å². The first-order chi connectivity index (χ1) is 13.4. The Labute approximate surface area is 176 Å². The van der Waals surface area contributed by atoms with Gasteiger partial charge in [-0.15, -0.1) is 0 Å². The molecule has 1 unspecified atom stereocenters. The van der Waals surface area contributed by atoms with Gasteiger partial charge in [0, 0.05) is 30.4 Å². The van der Waals surface area contributed by atoms with Gasteiger partial charge in [0.1, 0.15) is 6.04 Å². The number of hydrogen-bond acceptors (Lipinski definition) is 2. The number of nitrogens with zero attached hydrogens (tertiary/aromatic N) is 1. The van der Waals surface area contributed by atoms with Gasteiger partial charge in [0.05, 0.1) is 0 Å². The molecule has 0 spiro atoms. The molecule has 0 aliphatic heterocycles. The largest absolute Gasteiger partial charge is 0.354 e. The third-order valence-corrected chi connectivity index (χ3v) is 4.99. The summed E-state index contributed by atoms with van der Waals surface area (Å²) in [5.41, 5.74) is 2.03. The van der Waals surface area contributed by atoms with E-state index in [0.717, 1.165) is 15.6 Å². The van der Waals surface area contributed by atoms with Gasteiger partial charge in [-0.2, -0.15) is 0 Å². The van der Waals surface area contributed by atoms with E-state index >= 15 is 0 Å². The zero-order valence-electron chi connectivity index (χ0n) is 16.8. The summed E-state index contributed by atoms with van der Waals surface area (Å²) in [4.78, 5) is 27.6. The third-order valence-electron chi connectivity index (χ3n) is 4.50. The molecule has 0 aromatic heterocycles. The Hall–Kier alpha value is -2.14. The van der Waals surface area contributed by atoms with Gasteiger partial charge in [-0.25, -0.2) is 0 Å². The molecule has 4 nitrogen and oxygen atoms in total. The Morgan fingerprint density at radius 2 is 1.71 bits per heavy atom. The molecule has 0 aliphatic carbocycles. The standard InChI is InChI=1S/C23H29BrN2O2/c1-4-22(27)26(16-19-11-8-12-20(24)13-19)21(23(28)25-15-17(2)3)14-18-9-6-5-7-10-18/h5-13,17,21H,4,14-16H2,1-3H3,(H,25,28). The number of hydrogen-bond donors (Lipinski definition) is 1. The van der Waals surface area contributed by atoms with Crippen LogP contribution in [0.2, 0.25) is 0 Å². The maximum atomic E-state index is 13.1. The Bertz CT molecular complexity index is 777. The van der Waals surface area contributed by atoms with Crippen molar-refractivity contribution in [2.45, 2.75) is 46.2 Å². The van der Waals surface area contributed by atoms with Crippen molar-refractivity contribution in [1.82, 2.24) is 10.2 Å². The molecule has 1 N–H and O–H groups in total. The van der Waals surface area contributed by atoms with Crippen LogP contribution in [0.15, 0.2) is 59.1 Å². The highest BCUT2D eigenvalue weighted by atomic mass is 79.9. The Morgan fingerprint density at radius 3 is 2.32 bits per heavy atom. The monoisotopic (exact) mass is 444 g/mol. The second-order valence-corrected chi connectivity index (χ2v) is 8.27. The van der Waals surface area contributed by atoms with E-state index in [1.807, 2.05) is 61.5 Å². The smallest absolute Gasteiger partial charge is 0.243 e. The number of benzene rings is 2. The highest BCUT2D eigenvalue weighted by Gasteiger charge is 2.29. The average molecular weight is 445 g/mol. The van der Waals surface area contributed by atoms with Crippen LogP contribution in [0.5, 0.6) is 0 Å². The van der Waals surface area contributed by atoms with Crippen molar-refractivity contribution < 1.29 is 9.59 Å². The van der Waals surface area contributed by atoms with Crippen LogP contribution < -0.4 is 5.32 Å². The van der Waals surface area contributed by atoms with E-state index in [9.17, 15) is 9.59 Å². The van der Waals surface area contributed by atoms with Crippen LogP contribution in [0.1, 0.15) is 38.3 Å². The van der Waals surface area contributed by atoms with Gasteiger partial charge >= 0.3 is 0 Å². The van der Waals surface area contributed by atoms with Gasteiger partial charge in [-0.05, 0) is 29.2 Å². The minimum absolute atomic E-state index is 0.0272. The van der Waals surface area contributed by atoms with Crippen LogP contribution in [-0.2, 0) is 22.6 Å². The Balaban J connectivity index is 2.32. The number of carbonyl (C=O) groups excluding carboxylic acids is 2. The molecule has 2 rings (SSSR count). The molecule has 2 amide bonds. The van der Waals surface area contributed by atoms with Crippen molar-refractivity contribution in [3.8, 4) is 0 Å². The van der Waals surface area contributed by atoms with Crippen molar-refractivity contribution in [3.63, 3.8) is 0 Å². The maximum absolute atomic E-state index is 13.1. The fraction of sp³-hybridized carbons (Fsp3) is 0.391. The summed E-state index contributed by atoms with van der Waals surface area (Å²) in [7, 11) is 0. The van der Waals surface area contributed by atoms with Crippen LogP contribution in [0.25, 0.3) is 0 Å². The zero-order chi connectivity index (χ0) is 20.5. The number of nitrogens with one attached hydrogen (secondary N) is 1. The molecule has 2 aromatic rings. The van der Waals surface area contributed by atoms with Gasteiger partial charge in [0.15, 0.2) is 0 Å². The lowest BCUT2D eigenvalue weighted by atomic mass is 10.0. The summed E-state index contributed by atoms with van der Waals surface area (Å²) < 4.78 is 0.956. The molecule has 0 aliphatic rings. The van der Waals surface area contributed by atoms with E-state index in [4.69, 9.17) is 0 Å². The van der Waals surface area contributed by atoms with E-state index in [0.29, 0.717) is 31.8 Å². The summed E-state index contributed by atoms with van der Waals surface area (Å²) in [6, 6.07) is 17.2. The van der Waals surface area contributed by atoms with E-state index in [1.54, 1.807) is 4.90 Å². The lowest BCUT2D eigenvalue weighted by Gasteiger charge is -2.31. The second-order valence-electron chi connectivity index (χ2n) is 7.35. The number of halogens is 1. The molecular formula is C23H29BrN2O2. The van der Waals surface area contributed by atoms with Crippen LogP contribution in [-0.4, -0.2) is 29.3 Å². The van der Waals surface area contributed by atoms with Gasteiger partial charge in [-0.3, -0.25) is 9.59 Å². The normalized spacial score (nSPS) is 11.9. The predicted molar refractivity (Wildman–Crippen MR) is 117 cm³/mol. The third kappa shape index (κ3) is 6.79. The molecule has 0 radical (unpaired) electrons. The molecule has 28 heavy (non-hydrogen) atoms. The van der Waals surface area contributed by atoms with Crippen LogP contribution in [0.4, 0.5) is 0 Å². The molecule has 2 aromatic carbocycles. The number of rotatable bonds is 9. The van der Waals surface area contributed by atoms with Crippen molar-refractivity contribution in [2.24, 2.45) is 5.92 Å². The van der Waals surface area contributed by atoms with E-state index in [1.165, 1.54) is 0 Å². The topological polar surface area (TPSA) is 49.4 Å². The molecule has 150 valence electrons. The predicted octanol–water partition coefficient (Wildman–Crippen LogP) is 4.57. The molecular weight excluding hydrogens is 416 g/mol. The second kappa shape index (κ2) is 11.0. The van der Waals surface area contributed by atoms with Gasteiger partial charge in [-0.1, -0.05) is 79.2 Å². The quantitative estimate of drug-likeness (QED) is 0.615. The summed E-state index contributed by atoms with van der Waals surface area (Å²) in [5, 5.41) is 3.02. The van der Waals surface area contributed by atoms with Gasteiger partial charge in [0.2, 0.25) is 11.8 Å². The van der Waals surface area contributed by atoms with E-state index in [-0.39, 0.29) is 11.8 Å². The minimum Gasteiger partial charge on any atom is -0.354 e. The molecule has 0 heterocycles. The molecule has 0 saturated heterocycles. The van der Waals surface area contributed by atoms with E-state index < -0.39 is 6.04 Å². The summed E-state index contributed by atoms with van der Waals surface area (Å²) in [6.45, 7) is 6.95. The molecule has 0 bridgehead atoms.